The van der Waals surface area contributed by atoms with Crippen LogP contribution < -0.4 is 0 Å². The summed E-state index contributed by atoms with van der Waals surface area (Å²) in [5.41, 5.74) is 1.28. The van der Waals surface area contributed by atoms with Gasteiger partial charge in [0.15, 0.2) is 0 Å². The molecule has 2 atom stereocenters. The maximum atomic E-state index is 9.91. The highest BCUT2D eigenvalue weighted by molar-refractivity contribution is 6.17. The summed E-state index contributed by atoms with van der Waals surface area (Å²) < 4.78 is 0. The molecule has 17 heavy (non-hydrogen) atoms. The van der Waals surface area contributed by atoms with Crippen molar-refractivity contribution in [3.63, 3.8) is 0 Å². The molecule has 0 bridgehead atoms. The van der Waals surface area contributed by atoms with Crippen LogP contribution in [0.3, 0.4) is 0 Å². The van der Waals surface area contributed by atoms with Gasteiger partial charge in [-0.25, -0.2) is 4.98 Å². The first kappa shape index (κ1) is 12.3. The largest absolute Gasteiger partial charge is 0.390 e. The normalized spacial score (nSPS) is 14.8. The first-order valence-corrected chi connectivity index (χ1v) is 6.03. The molecule has 0 radical (unpaired) electrons. The predicted octanol–water partition coefficient (Wildman–Crippen LogP) is 2.26. The van der Waals surface area contributed by atoms with Gasteiger partial charge in [0.1, 0.15) is 6.10 Å². The molecule has 2 aromatic rings. The Morgan fingerprint density at radius 1 is 1.12 bits per heavy atom. The standard InChI is InChI=1S/C13H14ClNO2/c14-8-7-12(16)13(17)11-6-5-9-3-1-2-4-10(9)15-11/h1-6,12-13,16-17H,7-8H2. The summed E-state index contributed by atoms with van der Waals surface area (Å²) in [4.78, 5) is 4.33. The number of para-hydroxylation sites is 1. The summed E-state index contributed by atoms with van der Waals surface area (Å²) >= 11 is 5.53. The molecule has 0 spiro atoms. The summed E-state index contributed by atoms with van der Waals surface area (Å²) in [5.74, 6) is 0.311. The number of aromatic nitrogens is 1. The fourth-order valence-corrected chi connectivity index (χ4v) is 1.94. The van der Waals surface area contributed by atoms with Crippen LogP contribution in [0.5, 0.6) is 0 Å². The van der Waals surface area contributed by atoms with Crippen molar-refractivity contribution < 1.29 is 10.2 Å². The average molecular weight is 252 g/mol. The van der Waals surface area contributed by atoms with Crippen molar-refractivity contribution in [2.45, 2.75) is 18.6 Å². The smallest absolute Gasteiger partial charge is 0.122 e. The number of aliphatic hydroxyl groups excluding tert-OH is 2. The van der Waals surface area contributed by atoms with E-state index in [1.807, 2.05) is 30.3 Å². The third-order valence-electron chi connectivity index (χ3n) is 2.69. The van der Waals surface area contributed by atoms with Crippen LogP contribution in [0.2, 0.25) is 0 Å². The summed E-state index contributed by atoms with van der Waals surface area (Å²) in [5, 5.41) is 20.6. The number of benzene rings is 1. The number of aliphatic hydroxyl groups is 2. The van der Waals surface area contributed by atoms with E-state index in [0.717, 1.165) is 10.9 Å². The minimum absolute atomic E-state index is 0.311. The van der Waals surface area contributed by atoms with Crippen molar-refractivity contribution in [2.24, 2.45) is 0 Å². The van der Waals surface area contributed by atoms with Crippen molar-refractivity contribution in [1.82, 2.24) is 4.98 Å². The maximum Gasteiger partial charge on any atom is 0.122 e. The molecule has 0 fully saturated rings. The van der Waals surface area contributed by atoms with Gasteiger partial charge in [-0.15, -0.1) is 11.6 Å². The quantitative estimate of drug-likeness (QED) is 0.820. The van der Waals surface area contributed by atoms with Gasteiger partial charge in [0.25, 0.3) is 0 Å². The molecule has 0 aliphatic carbocycles. The Bertz CT molecular complexity index is 503. The molecule has 0 aliphatic rings. The van der Waals surface area contributed by atoms with Gasteiger partial charge in [-0.05, 0) is 18.6 Å². The van der Waals surface area contributed by atoms with Crippen molar-refractivity contribution >= 4 is 22.5 Å². The number of hydrogen-bond acceptors (Lipinski definition) is 3. The van der Waals surface area contributed by atoms with Crippen LogP contribution in [-0.2, 0) is 0 Å². The Hall–Kier alpha value is -1.16. The summed E-state index contributed by atoms with van der Waals surface area (Å²) in [7, 11) is 0. The van der Waals surface area contributed by atoms with Crippen molar-refractivity contribution in [1.29, 1.82) is 0 Å². The van der Waals surface area contributed by atoms with Gasteiger partial charge >= 0.3 is 0 Å². The Morgan fingerprint density at radius 3 is 2.65 bits per heavy atom. The third kappa shape index (κ3) is 2.75. The van der Waals surface area contributed by atoms with Crippen LogP contribution in [0.15, 0.2) is 36.4 Å². The highest BCUT2D eigenvalue weighted by Gasteiger charge is 2.19. The molecular weight excluding hydrogens is 238 g/mol. The SMILES string of the molecule is OC(CCCl)C(O)c1ccc2ccccc2n1. The zero-order valence-electron chi connectivity index (χ0n) is 9.25. The van der Waals surface area contributed by atoms with Gasteiger partial charge in [0.2, 0.25) is 0 Å². The van der Waals surface area contributed by atoms with Crippen LogP contribution >= 0.6 is 11.6 Å². The van der Waals surface area contributed by atoms with E-state index >= 15 is 0 Å². The highest BCUT2D eigenvalue weighted by atomic mass is 35.5. The van der Waals surface area contributed by atoms with Crippen LogP contribution in [0.25, 0.3) is 10.9 Å². The van der Waals surface area contributed by atoms with Crippen LogP contribution in [0.4, 0.5) is 0 Å². The molecule has 2 unspecified atom stereocenters. The Balaban J connectivity index is 2.29. The molecule has 0 amide bonds. The van der Waals surface area contributed by atoms with Gasteiger partial charge in [0, 0.05) is 11.3 Å². The minimum Gasteiger partial charge on any atom is -0.390 e. The second kappa shape index (κ2) is 5.45. The topological polar surface area (TPSA) is 53.4 Å². The fraction of sp³-hybridized carbons (Fsp3) is 0.308. The second-order valence-electron chi connectivity index (χ2n) is 3.92. The maximum absolute atomic E-state index is 9.91. The lowest BCUT2D eigenvalue weighted by Gasteiger charge is -2.16. The molecule has 4 heteroatoms. The lowest BCUT2D eigenvalue weighted by Crippen LogP contribution is -2.19. The highest BCUT2D eigenvalue weighted by Crippen LogP contribution is 2.20. The molecule has 2 rings (SSSR count). The number of hydrogen-bond donors (Lipinski definition) is 2. The Morgan fingerprint density at radius 2 is 1.88 bits per heavy atom. The summed E-state index contributed by atoms with van der Waals surface area (Å²) in [6.07, 6.45) is -1.52. The number of fused-ring (bicyclic) bond motifs is 1. The predicted molar refractivity (Wildman–Crippen MR) is 68.0 cm³/mol. The molecule has 2 N–H and O–H groups in total. The van der Waals surface area contributed by atoms with E-state index in [1.165, 1.54) is 0 Å². The number of nitrogens with zero attached hydrogens (tertiary/aromatic N) is 1. The Labute approximate surface area is 105 Å². The first-order valence-electron chi connectivity index (χ1n) is 5.50. The monoisotopic (exact) mass is 251 g/mol. The van der Waals surface area contributed by atoms with Gasteiger partial charge in [-0.1, -0.05) is 24.3 Å². The zero-order valence-corrected chi connectivity index (χ0v) is 10.0. The molecule has 0 saturated carbocycles. The molecule has 1 aromatic heterocycles. The van der Waals surface area contributed by atoms with E-state index < -0.39 is 12.2 Å². The second-order valence-corrected chi connectivity index (χ2v) is 4.30. The molecule has 0 aliphatic heterocycles. The van der Waals surface area contributed by atoms with Crippen LogP contribution in [0.1, 0.15) is 18.2 Å². The molecule has 3 nitrogen and oxygen atoms in total. The summed E-state index contributed by atoms with van der Waals surface area (Å²) in [6, 6.07) is 11.3. The fourth-order valence-electron chi connectivity index (χ4n) is 1.71. The van der Waals surface area contributed by atoms with Gasteiger partial charge in [-0.2, -0.15) is 0 Å². The minimum atomic E-state index is -0.988. The molecule has 1 heterocycles. The van der Waals surface area contributed by atoms with E-state index in [4.69, 9.17) is 11.6 Å². The average Bonchev–Trinajstić information content (AvgIpc) is 2.37. The van der Waals surface area contributed by atoms with E-state index in [2.05, 4.69) is 4.98 Å². The number of halogens is 1. The van der Waals surface area contributed by atoms with E-state index in [9.17, 15) is 10.2 Å². The number of rotatable bonds is 4. The van der Waals surface area contributed by atoms with E-state index in [-0.39, 0.29) is 0 Å². The first-order chi connectivity index (χ1) is 8.22. The zero-order chi connectivity index (χ0) is 12.3. The van der Waals surface area contributed by atoms with E-state index in [0.29, 0.717) is 18.0 Å². The van der Waals surface area contributed by atoms with Crippen LogP contribution in [-0.4, -0.2) is 27.2 Å². The number of alkyl halides is 1. The van der Waals surface area contributed by atoms with E-state index in [1.54, 1.807) is 6.07 Å². The molecule has 1 aromatic carbocycles. The molecule has 90 valence electrons. The Kier molecular flexibility index (Phi) is 3.94. The lowest BCUT2D eigenvalue weighted by atomic mass is 10.1. The van der Waals surface area contributed by atoms with Crippen molar-refractivity contribution in [3.8, 4) is 0 Å². The van der Waals surface area contributed by atoms with Gasteiger partial charge in [-0.3, -0.25) is 0 Å². The number of pyridine rings is 1. The lowest BCUT2D eigenvalue weighted by molar-refractivity contribution is 0.0146. The van der Waals surface area contributed by atoms with Gasteiger partial charge in [0.05, 0.1) is 17.3 Å². The van der Waals surface area contributed by atoms with Crippen molar-refractivity contribution in [3.05, 3.63) is 42.1 Å². The van der Waals surface area contributed by atoms with Crippen LogP contribution in [0, 0.1) is 0 Å². The summed E-state index contributed by atoms with van der Waals surface area (Å²) in [6.45, 7) is 0. The molecule has 0 saturated heterocycles. The van der Waals surface area contributed by atoms with Gasteiger partial charge < -0.3 is 10.2 Å². The molecular formula is C13H14ClNO2. The third-order valence-corrected chi connectivity index (χ3v) is 2.91. The van der Waals surface area contributed by atoms with Crippen molar-refractivity contribution in [2.75, 3.05) is 5.88 Å².